The Labute approximate surface area is 199 Å². The van der Waals surface area contributed by atoms with Crippen LogP contribution in [0.5, 0.6) is 0 Å². The number of thiazole rings is 1. The third-order valence-corrected chi connectivity index (χ3v) is 7.60. The van der Waals surface area contributed by atoms with Gasteiger partial charge in [-0.05, 0) is 29.2 Å². The Kier molecular flexibility index (Phi) is 4.84. The lowest BCUT2D eigenvalue weighted by molar-refractivity contribution is 0.647. The number of hydrogen-bond acceptors (Lipinski definition) is 5. The summed E-state index contributed by atoms with van der Waals surface area (Å²) in [5.74, 6) is 0. The summed E-state index contributed by atoms with van der Waals surface area (Å²) in [7, 11) is 3.83. The summed E-state index contributed by atoms with van der Waals surface area (Å²) < 4.78 is 6.30. The van der Waals surface area contributed by atoms with E-state index < -0.39 is 0 Å². The smallest absolute Gasteiger partial charge is 0.291 e. The van der Waals surface area contributed by atoms with Crippen LogP contribution in [0.3, 0.4) is 0 Å². The molecule has 6 rings (SSSR count). The number of nitrogens with zero attached hydrogens (tertiary/aromatic N) is 6. The molecule has 0 unspecified atom stereocenters. The van der Waals surface area contributed by atoms with Crippen molar-refractivity contribution in [2.75, 3.05) is 0 Å². The average Bonchev–Trinajstić information content (AvgIpc) is 3.50. The van der Waals surface area contributed by atoms with E-state index in [4.69, 9.17) is 4.98 Å². The van der Waals surface area contributed by atoms with Gasteiger partial charge in [-0.25, -0.2) is 9.67 Å². The van der Waals surface area contributed by atoms with E-state index in [-0.39, 0.29) is 5.56 Å². The SMILES string of the molecule is CCc1cccc(Cc2nc3c(s2)c2cnn(Cc4cccc5c4cnn5C)c(=O)c2n3C)c1. The molecular weight excluding hydrogens is 444 g/mol. The predicted molar refractivity (Wildman–Crippen MR) is 137 cm³/mol. The molecule has 0 saturated carbocycles. The zero-order valence-electron chi connectivity index (χ0n) is 19.3. The zero-order valence-corrected chi connectivity index (χ0v) is 20.1. The fourth-order valence-corrected chi connectivity index (χ4v) is 5.83. The van der Waals surface area contributed by atoms with Crippen molar-refractivity contribution in [2.24, 2.45) is 14.1 Å². The molecule has 0 spiro atoms. The first kappa shape index (κ1) is 20.8. The zero-order chi connectivity index (χ0) is 23.4. The highest BCUT2D eigenvalue weighted by atomic mass is 32.1. The van der Waals surface area contributed by atoms with Gasteiger partial charge >= 0.3 is 0 Å². The van der Waals surface area contributed by atoms with Gasteiger partial charge in [-0.1, -0.05) is 43.3 Å². The van der Waals surface area contributed by atoms with Gasteiger partial charge in [0.15, 0.2) is 5.65 Å². The maximum Gasteiger partial charge on any atom is 0.291 e. The van der Waals surface area contributed by atoms with Gasteiger partial charge in [-0.3, -0.25) is 9.48 Å². The van der Waals surface area contributed by atoms with Gasteiger partial charge in [0.05, 0.1) is 29.2 Å². The van der Waals surface area contributed by atoms with Crippen molar-refractivity contribution < 1.29 is 0 Å². The van der Waals surface area contributed by atoms with Crippen LogP contribution < -0.4 is 5.56 Å². The predicted octanol–water partition coefficient (Wildman–Crippen LogP) is 4.43. The Hall–Kier alpha value is -3.78. The van der Waals surface area contributed by atoms with E-state index in [0.29, 0.717) is 12.1 Å². The second kappa shape index (κ2) is 7.92. The summed E-state index contributed by atoms with van der Waals surface area (Å²) in [6, 6.07) is 14.7. The number of aromatic nitrogens is 6. The maximum atomic E-state index is 13.4. The summed E-state index contributed by atoms with van der Waals surface area (Å²) in [6.45, 7) is 2.56. The molecule has 4 heterocycles. The van der Waals surface area contributed by atoms with E-state index in [0.717, 1.165) is 50.0 Å². The number of aryl methyl sites for hydroxylation is 3. The second-order valence-electron chi connectivity index (χ2n) is 8.66. The fraction of sp³-hybridized carbons (Fsp3) is 0.231. The molecule has 0 bridgehead atoms. The van der Waals surface area contributed by atoms with Gasteiger partial charge in [0.25, 0.3) is 5.56 Å². The molecule has 0 N–H and O–H groups in total. The summed E-state index contributed by atoms with van der Waals surface area (Å²) >= 11 is 1.65. The van der Waals surface area contributed by atoms with E-state index in [1.807, 2.05) is 53.9 Å². The lowest BCUT2D eigenvalue weighted by Gasteiger charge is -2.07. The Balaban J connectivity index is 1.40. The number of rotatable bonds is 5. The van der Waals surface area contributed by atoms with Gasteiger partial charge in [-0.15, -0.1) is 11.3 Å². The van der Waals surface area contributed by atoms with Crippen molar-refractivity contribution in [1.82, 2.24) is 29.1 Å². The minimum absolute atomic E-state index is 0.108. The van der Waals surface area contributed by atoms with Crippen LogP contribution in [-0.4, -0.2) is 29.1 Å². The molecular formula is C26H24N6OS. The van der Waals surface area contributed by atoms with E-state index in [2.05, 4.69) is 41.4 Å². The molecule has 0 amide bonds. The molecule has 6 aromatic rings. The third-order valence-electron chi connectivity index (χ3n) is 6.53. The minimum Gasteiger partial charge on any atom is -0.323 e. The van der Waals surface area contributed by atoms with Crippen molar-refractivity contribution >= 4 is 43.5 Å². The summed E-state index contributed by atoms with van der Waals surface area (Å²) in [5.41, 5.74) is 6.01. The molecule has 0 atom stereocenters. The molecule has 0 aliphatic carbocycles. The first-order chi connectivity index (χ1) is 16.5. The van der Waals surface area contributed by atoms with Crippen LogP contribution in [0.2, 0.25) is 0 Å². The normalized spacial score (nSPS) is 11.9. The van der Waals surface area contributed by atoms with Gasteiger partial charge in [0.1, 0.15) is 10.5 Å². The van der Waals surface area contributed by atoms with Crippen molar-refractivity contribution in [3.05, 3.63) is 86.9 Å². The van der Waals surface area contributed by atoms with Crippen LogP contribution in [0.25, 0.3) is 32.2 Å². The Bertz CT molecular complexity index is 1750. The van der Waals surface area contributed by atoms with Crippen LogP contribution in [-0.2, 0) is 33.5 Å². The number of fused-ring (bicyclic) bond motifs is 4. The van der Waals surface area contributed by atoms with E-state index in [1.54, 1.807) is 11.3 Å². The molecule has 0 fully saturated rings. The van der Waals surface area contributed by atoms with Crippen LogP contribution >= 0.6 is 11.3 Å². The largest absolute Gasteiger partial charge is 0.323 e. The lowest BCUT2D eigenvalue weighted by Crippen LogP contribution is -2.24. The van der Waals surface area contributed by atoms with Crippen molar-refractivity contribution in [2.45, 2.75) is 26.3 Å². The highest BCUT2D eigenvalue weighted by Gasteiger charge is 2.19. The first-order valence-corrected chi connectivity index (χ1v) is 12.2. The van der Waals surface area contributed by atoms with Gasteiger partial charge in [-0.2, -0.15) is 10.2 Å². The van der Waals surface area contributed by atoms with Gasteiger partial charge < -0.3 is 4.57 Å². The monoisotopic (exact) mass is 468 g/mol. The maximum absolute atomic E-state index is 13.4. The highest BCUT2D eigenvalue weighted by Crippen LogP contribution is 2.32. The molecule has 0 aliphatic rings. The van der Waals surface area contributed by atoms with Crippen LogP contribution in [0, 0.1) is 0 Å². The Morgan fingerprint density at radius 2 is 1.76 bits per heavy atom. The molecule has 34 heavy (non-hydrogen) atoms. The molecule has 170 valence electrons. The summed E-state index contributed by atoms with van der Waals surface area (Å²) in [6.07, 6.45) is 5.45. The van der Waals surface area contributed by atoms with Gasteiger partial charge in [0.2, 0.25) is 0 Å². The van der Waals surface area contributed by atoms with Gasteiger partial charge in [0, 0.05) is 31.3 Å². The topological polar surface area (TPSA) is 70.5 Å². The fourth-order valence-electron chi connectivity index (χ4n) is 4.69. The third kappa shape index (κ3) is 3.25. The van der Waals surface area contributed by atoms with Crippen molar-refractivity contribution in [3.63, 3.8) is 0 Å². The lowest BCUT2D eigenvalue weighted by atomic mass is 10.1. The number of benzene rings is 2. The molecule has 0 aliphatic heterocycles. The highest BCUT2D eigenvalue weighted by molar-refractivity contribution is 7.19. The Morgan fingerprint density at radius 1 is 0.971 bits per heavy atom. The van der Waals surface area contributed by atoms with Crippen LogP contribution in [0.1, 0.15) is 28.6 Å². The average molecular weight is 469 g/mol. The minimum atomic E-state index is -0.108. The van der Waals surface area contributed by atoms with E-state index in [9.17, 15) is 4.79 Å². The molecule has 4 aromatic heterocycles. The molecule has 0 saturated heterocycles. The molecule has 8 heteroatoms. The quantitative estimate of drug-likeness (QED) is 0.375. The van der Waals surface area contributed by atoms with Crippen LogP contribution in [0.4, 0.5) is 0 Å². The summed E-state index contributed by atoms with van der Waals surface area (Å²) in [4.78, 5) is 18.3. The number of hydrogen-bond donors (Lipinski definition) is 0. The summed E-state index contributed by atoms with van der Waals surface area (Å²) in [5, 5.41) is 11.8. The molecule has 7 nitrogen and oxygen atoms in total. The second-order valence-corrected chi connectivity index (χ2v) is 9.74. The first-order valence-electron chi connectivity index (χ1n) is 11.3. The molecule has 2 aromatic carbocycles. The standard InChI is InChI=1S/C26H24N6OS/c1-4-16-7-5-8-17(11-16)12-22-29-25-24(34-22)20-14-28-32(26(33)23(20)30(25)2)15-18-9-6-10-21-19(18)13-27-31(21)3/h5-11,13-14H,4,12,15H2,1-3H3. The van der Waals surface area contributed by atoms with Crippen molar-refractivity contribution in [3.8, 4) is 0 Å². The van der Waals surface area contributed by atoms with E-state index >= 15 is 0 Å². The van der Waals surface area contributed by atoms with E-state index in [1.165, 1.54) is 15.8 Å². The Morgan fingerprint density at radius 3 is 2.62 bits per heavy atom. The molecule has 0 radical (unpaired) electrons. The van der Waals surface area contributed by atoms with Crippen molar-refractivity contribution in [1.29, 1.82) is 0 Å². The van der Waals surface area contributed by atoms with Crippen LogP contribution in [0.15, 0.2) is 59.7 Å².